The summed E-state index contributed by atoms with van der Waals surface area (Å²) < 4.78 is 11.2. The average molecular weight is 368 g/mol. The number of Topliss-reactive ketones (excluding diaryl/α,β-unsaturated/α-hetero) is 1. The van der Waals surface area contributed by atoms with Crippen LogP contribution in [-0.2, 0) is 0 Å². The lowest BCUT2D eigenvalue weighted by Crippen LogP contribution is -2.17. The zero-order valence-corrected chi connectivity index (χ0v) is 14.9. The maximum absolute atomic E-state index is 11.6. The number of anilines is 1. The molecule has 27 heavy (non-hydrogen) atoms. The number of fused-ring (bicyclic) bond motifs is 1. The van der Waals surface area contributed by atoms with Crippen LogP contribution in [0.3, 0.4) is 0 Å². The third-order valence-corrected chi connectivity index (χ3v) is 4.93. The number of carbonyl (C=O) groups excluding carboxylic acids is 1. The van der Waals surface area contributed by atoms with Crippen molar-refractivity contribution in [2.45, 2.75) is 25.8 Å². The Hall–Kier alpha value is -3.09. The van der Waals surface area contributed by atoms with Crippen molar-refractivity contribution >= 4 is 17.2 Å². The molecule has 1 aliphatic heterocycles. The number of nitrogens with one attached hydrogen (secondary N) is 1. The highest BCUT2D eigenvalue weighted by Gasteiger charge is 2.34. The zero-order chi connectivity index (χ0) is 19.0. The van der Waals surface area contributed by atoms with Gasteiger partial charge in [-0.1, -0.05) is 6.07 Å². The summed E-state index contributed by atoms with van der Waals surface area (Å²) in [7, 11) is 0. The Labute approximate surface area is 156 Å². The molecule has 1 heterocycles. The number of hydrogen-bond donors (Lipinski definition) is 1. The van der Waals surface area contributed by atoms with Gasteiger partial charge in [-0.2, -0.15) is 0 Å². The SMILES string of the molecule is CC(=O)c1ccc(NC(c2ccc3c(c2)OCCO3)C2CC2)c([N+](=O)[O-])c1. The lowest BCUT2D eigenvalue weighted by atomic mass is 10.0. The van der Waals surface area contributed by atoms with Crippen LogP contribution in [0.5, 0.6) is 11.5 Å². The van der Waals surface area contributed by atoms with E-state index in [0.717, 1.165) is 24.2 Å². The predicted molar refractivity (Wildman–Crippen MR) is 99.6 cm³/mol. The van der Waals surface area contributed by atoms with Gasteiger partial charge in [0.2, 0.25) is 0 Å². The molecule has 0 radical (unpaired) electrons. The van der Waals surface area contributed by atoms with E-state index in [9.17, 15) is 14.9 Å². The molecular weight excluding hydrogens is 348 g/mol. The number of ether oxygens (including phenoxy) is 2. The summed E-state index contributed by atoms with van der Waals surface area (Å²) in [5.74, 6) is 1.62. The average Bonchev–Trinajstić information content (AvgIpc) is 3.50. The summed E-state index contributed by atoms with van der Waals surface area (Å²) in [6, 6.07) is 10.3. The Bertz CT molecular complexity index is 907. The molecule has 1 N–H and O–H groups in total. The van der Waals surface area contributed by atoms with E-state index in [1.54, 1.807) is 12.1 Å². The number of nitro groups is 1. The van der Waals surface area contributed by atoms with E-state index in [-0.39, 0.29) is 17.5 Å². The van der Waals surface area contributed by atoms with Crippen molar-refractivity contribution in [3.8, 4) is 11.5 Å². The molecule has 1 atom stereocenters. The van der Waals surface area contributed by atoms with Crippen molar-refractivity contribution in [3.63, 3.8) is 0 Å². The minimum atomic E-state index is -0.456. The number of hydrogen-bond acceptors (Lipinski definition) is 6. The lowest BCUT2D eigenvalue weighted by Gasteiger charge is -2.23. The second-order valence-electron chi connectivity index (χ2n) is 6.91. The maximum atomic E-state index is 11.6. The van der Waals surface area contributed by atoms with Crippen LogP contribution < -0.4 is 14.8 Å². The summed E-state index contributed by atoms with van der Waals surface area (Å²) in [5, 5.41) is 14.8. The summed E-state index contributed by atoms with van der Waals surface area (Å²) in [6.45, 7) is 2.44. The fourth-order valence-corrected chi connectivity index (χ4v) is 3.35. The van der Waals surface area contributed by atoms with Crippen molar-refractivity contribution in [3.05, 3.63) is 57.6 Å². The van der Waals surface area contributed by atoms with Crippen molar-refractivity contribution in [1.82, 2.24) is 0 Å². The molecule has 0 amide bonds. The number of benzene rings is 2. The quantitative estimate of drug-likeness (QED) is 0.468. The molecule has 0 bridgehead atoms. The Morgan fingerprint density at radius 1 is 1.15 bits per heavy atom. The smallest absolute Gasteiger partial charge is 0.293 e. The normalized spacial score (nSPS) is 16.5. The third kappa shape index (κ3) is 3.58. The summed E-state index contributed by atoms with van der Waals surface area (Å²) in [6.07, 6.45) is 2.12. The Kier molecular flexibility index (Phi) is 4.43. The van der Waals surface area contributed by atoms with Gasteiger partial charge in [0.15, 0.2) is 17.3 Å². The first-order valence-corrected chi connectivity index (χ1v) is 8.98. The standard InChI is InChI=1S/C20H20N2O5/c1-12(23)14-4-6-16(17(10-14)22(24)25)21-20(13-2-3-13)15-5-7-18-19(11-15)27-9-8-26-18/h4-7,10-11,13,20-21H,2-3,8-9H2,1H3. The van der Waals surface area contributed by atoms with Gasteiger partial charge in [0.1, 0.15) is 18.9 Å². The first kappa shape index (κ1) is 17.3. The molecule has 0 aromatic heterocycles. The highest BCUT2D eigenvalue weighted by Crippen LogP contribution is 2.45. The number of nitro benzene ring substituents is 1. The molecule has 2 aromatic rings. The molecular formula is C20H20N2O5. The van der Waals surface area contributed by atoms with Gasteiger partial charge in [0.05, 0.1) is 11.0 Å². The van der Waals surface area contributed by atoms with Crippen LogP contribution in [0.2, 0.25) is 0 Å². The van der Waals surface area contributed by atoms with Crippen molar-refractivity contribution in [1.29, 1.82) is 0 Å². The van der Waals surface area contributed by atoms with Crippen molar-refractivity contribution < 1.29 is 19.2 Å². The van der Waals surface area contributed by atoms with Gasteiger partial charge in [0, 0.05) is 11.6 Å². The molecule has 1 saturated carbocycles. The predicted octanol–water partition coefficient (Wildman–Crippen LogP) is 4.13. The monoisotopic (exact) mass is 368 g/mol. The van der Waals surface area contributed by atoms with Crippen LogP contribution in [0, 0.1) is 16.0 Å². The fraction of sp³-hybridized carbons (Fsp3) is 0.350. The molecule has 7 nitrogen and oxygen atoms in total. The van der Waals surface area contributed by atoms with Crippen LogP contribution in [0.15, 0.2) is 36.4 Å². The molecule has 1 unspecified atom stereocenters. The van der Waals surface area contributed by atoms with Crippen molar-refractivity contribution in [2.75, 3.05) is 18.5 Å². The summed E-state index contributed by atoms with van der Waals surface area (Å²) in [5.41, 5.74) is 1.66. The van der Waals surface area contributed by atoms with Gasteiger partial charge in [-0.15, -0.1) is 0 Å². The molecule has 1 fully saturated rings. The number of nitrogens with zero attached hydrogens (tertiary/aromatic N) is 1. The van der Waals surface area contributed by atoms with Crippen molar-refractivity contribution in [2.24, 2.45) is 5.92 Å². The maximum Gasteiger partial charge on any atom is 0.293 e. The second-order valence-corrected chi connectivity index (χ2v) is 6.91. The minimum absolute atomic E-state index is 0.0669. The van der Waals surface area contributed by atoms with E-state index in [4.69, 9.17) is 9.47 Å². The third-order valence-electron chi connectivity index (χ3n) is 4.93. The van der Waals surface area contributed by atoms with Crippen LogP contribution >= 0.6 is 0 Å². The van der Waals surface area contributed by atoms with Gasteiger partial charge < -0.3 is 14.8 Å². The van der Waals surface area contributed by atoms with E-state index >= 15 is 0 Å². The Morgan fingerprint density at radius 2 is 1.89 bits per heavy atom. The van der Waals surface area contributed by atoms with Gasteiger partial charge in [0.25, 0.3) is 5.69 Å². The van der Waals surface area contributed by atoms with Gasteiger partial charge in [-0.3, -0.25) is 14.9 Å². The van der Waals surface area contributed by atoms with Gasteiger partial charge in [-0.05, 0) is 55.5 Å². The summed E-state index contributed by atoms with van der Waals surface area (Å²) >= 11 is 0. The first-order valence-electron chi connectivity index (χ1n) is 8.98. The van der Waals surface area contributed by atoms with Crippen LogP contribution in [0.4, 0.5) is 11.4 Å². The van der Waals surface area contributed by atoms with Crippen LogP contribution in [-0.4, -0.2) is 23.9 Å². The number of rotatable bonds is 6. The second kappa shape index (κ2) is 6.90. The topological polar surface area (TPSA) is 90.7 Å². The molecule has 2 aliphatic rings. The molecule has 0 saturated heterocycles. The number of ketones is 1. The Balaban J connectivity index is 1.67. The lowest BCUT2D eigenvalue weighted by molar-refractivity contribution is -0.384. The highest BCUT2D eigenvalue weighted by atomic mass is 16.6. The van der Waals surface area contributed by atoms with Gasteiger partial charge in [-0.25, -0.2) is 0 Å². The molecule has 7 heteroatoms. The first-order chi connectivity index (χ1) is 13.0. The molecule has 2 aromatic carbocycles. The zero-order valence-electron chi connectivity index (χ0n) is 14.9. The van der Waals surface area contributed by atoms with E-state index in [0.29, 0.717) is 36.1 Å². The fourth-order valence-electron chi connectivity index (χ4n) is 3.35. The number of carbonyl (C=O) groups is 1. The van der Waals surface area contributed by atoms with Crippen LogP contribution in [0.1, 0.15) is 41.7 Å². The Morgan fingerprint density at radius 3 is 2.56 bits per heavy atom. The summed E-state index contributed by atoms with van der Waals surface area (Å²) in [4.78, 5) is 22.6. The molecule has 0 spiro atoms. The van der Waals surface area contributed by atoms with Gasteiger partial charge >= 0.3 is 0 Å². The molecule has 1 aliphatic carbocycles. The largest absolute Gasteiger partial charge is 0.486 e. The highest BCUT2D eigenvalue weighted by molar-refractivity contribution is 5.95. The minimum Gasteiger partial charge on any atom is -0.486 e. The molecule has 4 rings (SSSR count). The molecule has 140 valence electrons. The van der Waals surface area contributed by atoms with E-state index < -0.39 is 4.92 Å². The van der Waals surface area contributed by atoms with Crippen LogP contribution in [0.25, 0.3) is 0 Å². The van der Waals surface area contributed by atoms with E-state index in [1.807, 2.05) is 18.2 Å². The van der Waals surface area contributed by atoms with E-state index in [1.165, 1.54) is 13.0 Å². The van der Waals surface area contributed by atoms with E-state index in [2.05, 4.69) is 5.32 Å².